The number of carbonyl (C=O) groups excluding carboxylic acids is 1. The van der Waals surface area contributed by atoms with Crippen LogP contribution in [0, 0.1) is 5.82 Å². The van der Waals surface area contributed by atoms with Crippen molar-refractivity contribution in [2.24, 2.45) is 0 Å². The van der Waals surface area contributed by atoms with Gasteiger partial charge >= 0.3 is 0 Å². The van der Waals surface area contributed by atoms with Crippen molar-refractivity contribution >= 4 is 21.9 Å². The number of ether oxygens (including phenoxy) is 1. The molecule has 0 saturated carbocycles. The van der Waals surface area contributed by atoms with Gasteiger partial charge in [-0.15, -0.1) is 0 Å². The average Bonchev–Trinajstić information content (AvgIpc) is 2.84. The predicted octanol–water partition coefficient (Wildman–Crippen LogP) is 4.24. The van der Waals surface area contributed by atoms with E-state index in [1.807, 2.05) is 6.07 Å². The molecule has 34 heavy (non-hydrogen) atoms. The minimum absolute atomic E-state index is 0.0236. The number of benzene rings is 3. The van der Waals surface area contributed by atoms with Crippen molar-refractivity contribution in [3.05, 3.63) is 96.3 Å². The summed E-state index contributed by atoms with van der Waals surface area (Å²) in [4.78, 5) is 20.2. The van der Waals surface area contributed by atoms with Gasteiger partial charge in [0, 0.05) is 18.7 Å². The van der Waals surface area contributed by atoms with E-state index >= 15 is 0 Å². The summed E-state index contributed by atoms with van der Waals surface area (Å²) in [6.07, 6.45) is 0. The monoisotopic (exact) mass is 478 g/mol. The van der Waals surface area contributed by atoms with Crippen molar-refractivity contribution < 1.29 is 22.3 Å². The van der Waals surface area contributed by atoms with Crippen LogP contribution in [0.15, 0.2) is 89.8 Å². The van der Waals surface area contributed by atoms with Crippen LogP contribution in [0.4, 0.5) is 10.3 Å². The molecule has 2 N–H and O–H groups in total. The third-order valence-corrected chi connectivity index (χ3v) is 6.03. The Labute approximate surface area is 195 Å². The fourth-order valence-corrected chi connectivity index (χ4v) is 4.02. The van der Waals surface area contributed by atoms with E-state index in [4.69, 9.17) is 4.74 Å². The Balaban J connectivity index is 1.76. The SMILES string of the molecule is CNC(=O)c1ccc(-c2cc(Oc3ccccc3)nc(NS(=O)(=O)c3ccccc3)n2)cc1F. The number of nitrogens with zero attached hydrogens (tertiary/aromatic N) is 2. The van der Waals surface area contributed by atoms with Crippen LogP contribution in [0.3, 0.4) is 0 Å². The topological polar surface area (TPSA) is 110 Å². The van der Waals surface area contributed by atoms with Gasteiger partial charge in [-0.2, -0.15) is 4.98 Å². The van der Waals surface area contributed by atoms with Crippen molar-refractivity contribution in [1.29, 1.82) is 0 Å². The van der Waals surface area contributed by atoms with Crippen LogP contribution in [-0.2, 0) is 10.0 Å². The van der Waals surface area contributed by atoms with Gasteiger partial charge in [-0.05, 0) is 36.4 Å². The molecule has 0 aliphatic carbocycles. The average molecular weight is 479 g/mol. The van der Waals surface area contributed by atoms with Gasteiger partial charge in [0.15, 0.2) is 0 Å². The quantitative estimate of drug-likeness (QED) is 0.411. The fraction of sp³-hybridized carbons (Fsp3) is 0.0417. The zero-order valence-electron chi connectivity index (χ0n) is 17.9. The summed E-state index contributed by atoms with van der Waals surface area (Å²) >= 11 is 0. The minimum Gasteiger partial charge on any atom is -0.439 e. The molecule has 0 radical (unpaired) electrons. The van der Waals surface area contributed by atoms with E-state index in [1.54, 1.807) is 42.5 Å². The third kappa shape index (κ3) is 5.18. The second-order valence-electron chi connectivity index (χ2n) is 7.02. The third-order valence-electron chi connectivity index (χ3n) is 4.68. The van der Waals surface area contributed by atoms with Crippen LogP contribution in [0.2, 0.25) is 0 Å². The van der Waals surface area contributed by atoms with E-state index in [0.717, 1.165) is 6.07 Å². The van der Waals surface area contributed by atoms with Crippen LogP contribution in [0.25, 0.3) is 11.3 Å². The van der Waals surface area contributed by atoms with Crippen molar-refractivity contribution in [1.82, 2.24) is 15.3 Å². The molecule has 4 rings (SSSR count). The molecule has 172 valence electrons. The summed E-state index contributed by atoms with van der Waals surface area (Å²) in [5.41, 5.74) is 0.353. The second-order valence-corrected chi connectivity index (χ2v) is 8.70. The summed E-state index contributed by atoms with van der Waals surface area (Å²) in [6.45, 7) is 0. The Bertz CT molecular complexity index is 1430. The molecule has 1 heterocycles. The molecular formula is C24H19FN4O4S. The van der Waals surface area contributed by atoms with Crippen molar-refractivity contribution in [2.75, 3.05) is 11.8 Å². The van der Waals surface area contributed by atoms with Crippen LogP contribution in [0.5, 0.6) is 11.6 Å². The molecule has 0 atom stereocenters. The number of hydrogen-bond acceptors (Lipinski definition) is 6. The molecular weight excluding hydrogens is 459 g/mol. The molecule has 0 fully saturated rings. The van der Waals surface area contributed by atoms with E-state index in [9.17, 15) is 17.6 Å². The van der Waals surface area contributed by atoms with Gasteiger partial charge < -0.3 is 10.1 Å². The molecule has 8 nitrogen and oxygen atoms in total. The molecule has 10 heteroatoms. The normalized spacial score (nSPS) is 11.0. The summed E-state index contributed by atoms with van der Waals surface area (Å²) in [5.74, 6) is -1.09. The molecule has 3 aromatic carbocycles. The molecule has 0 saturated heterocycles. The van der Waals surface area contributed by atoms with E-state index in [2.05, 4.69) is 20.0 Å². The van der Waals surface area contributed by atoms with Gasteiger partial charge in [0.1, 0.15) is 11.6 Å². The Morgan fingerprint density at radius 2 is 1.59 bits per heavy atom. The predicted molar refractivity (Wildman–Crippen MR) is 125 cm³/mol. The zero-order chi connectivity index (χ0) is 24.1. The maximum absolute atomic E-state index is 14.6. The lowest BCUT2D eigenvalue weighted by atomic mass is 10.1. The lowest BCUT2D eigenvalue weighted by Gasteiger charge is -2.12. The standard InChI is InChI=1S/C24H19FN4O4S/c1-26-23(30)19-13-12-16(14-20(19)25)21-15-22(33-17-8-4-2-5-9-17)28-24(27-21)29-34(31,32)18-10-6-3-7-11-18/h2-15H,1H3,(H,26,30)(H,27,28,29). The van der Waals surface area contributed by atoms with Gasteiger partial charge in [0.25, 0.3) is 15.9 Å². The van der Waals surface area contributed by atoms with Gasteiger partial charge in [-0.3, -0.25) is 4.79 Å². The number of anilines is 1. The fourth-order valence-electron chi connectivity index (χ4n) is 3.05. The highest BCUT2D eigenvalue weighted by atomic mass is 32.2. The van der Waals surface area contributed by atoms with Crippen LogP contribution in [-0.4, -0.2) is 31.3 Å². The van der Waals surface area contributed by atoms with Crippen LogP contribution >= 0.6 is 0 Å². The Morgan fingerprint density at radius 1 is 0.912 bits per heavy atom. The summed E-state index contributed by atoms with van der Waals surface area (Å²) in [5, 5.41) is 2.37. The molecule has 0 bridgehead atoms. The van der Waals surface area contributed by atoms with Crippen molar-refractivity contribution in [3.63, 3.8) is 0 Å². The zero-order valence-corrected chi connectivity index (χ0v) is 18.7. The summed E-state index contributed by atoms with van der Waals surface area (Å²) in [6, 6.07) is 21.9. The molecule has 1 amide bonds. The number of nitrogens with one attached hydrogen (secondary N) is 2. The first-order chi connectivity index (χ1) is 16.4. The number of sulfonamides is 1. The molecule has 0 unspecified atom stereocenters. The van der Waals surface area contributed by atoms with E-state index < -0.39 is 21.7 Å². The first-order valence-corrected chi connectivity index (χ1v) is 11.6. The molecule has 4 aromatic rings. The van der Waals surface area contributed by atoms with Gasteiger partial charge in [-0.1, -0.05) is 42.5 Å². The van der Waals surface area contributed by atoms with E-state index in [0.29, 0.717) is 11.3 Å². The number of halogens is 1. The lowest BCUT2D eigenvalue weighted by molar-refractivity contribution is 0.0959. The minimum atomic E-state index is -3.99. The molecule has 0 aliphatic heterocycles. The van der Waals surface area contributed by atoms with E-state index in [1.165, 1.54) is 37.4 Å². The summed E-state index contributed by atoms with van der Waals surface area (Å²) in [7, 11) is -2.59. The Morgan fingerprint density at radius 3 is 2.24 bits per heavy atom. The first-order valence-electron chi connectivity index (χ1n) is 10.1. The van der Waals surface area contributed by atoms with Crippen molar-refractivity contribution in [2.45, 2.75) is 4.90 Å². The Hall–Kier alpha value is -4.31. The number of hydrogen-bond donors (Lipinski definition) is 2. The first kappa shape index (κ1) is 22.9. The number of aromatic nitrogens is 2. The van der Waals surface area contributed by atoms with Gasteiger partial charge in [0.05, 0.1) is 16.2 Å². The molecule has 1 aromatic heterocycles. The maximum atomic E-state index is 14.6. The number of amides is 1. The highest BCUT2D eigenvalue weighted by Crippen LogP contribution is 2.28. The highest BCUT2D eigenvalue weighted by Gasteiger charge is 2.18. The smallest absolute Gasteiger partial charge is 0.264 e. The van der Waals surface area contributed by atoms with E-state index in [-0.39, 0.29) is 28.0 Å². The van der Waals surface area contributed by atoms with Gasteiger partial charge in [-0.25, -0.2) is 22.5 Å². The molecule has 0 aliphatic rings. The van der Waals surface area contributed by atoms with Crippen LogP contribution < -0.4 is 14.8 Å². The number of rotatable bonds is 7. The second kappa shape index (κ2) is 9.67. The van der Waals surface area contributed by atoms with Gasteiger partial charge in [0.2, 0.25) is 11.8 Å². The number of carbonyl (C=O) groups is 1. The maximum Gasteiger partial charge on any atom is 0.264 e. The van der Waals surface area contributed by atoms with Crippen molar-refractivity contribution in [3.8, 4) is 22.9 Å². The summed E-state index contributed by atoms with van der Waals surface area (Å²) < 4.78 is 48.2. The largest absolute Gasteiger partial charge is 0.439 e. The molecule has 0 spiro atoms. The number of para-hydroxylation sites is 1. The lowest BCUT2D eigenvalue weighted by Crippen LogP contribution is -2.19. The Kier molecular flexibility index (Phi) is 6.51. The van der Waals surface area contributed by atoms with Crippen LogP contribution in [0.1, 0.15) is 10.4 Å². The highest BCUT2D eigenvalue weighted by molar-refractivity contribution is 7.92.